The number of carbonyl (C=O) groups is 1. The van der Waals surface area contributed by atoms with E-state index in [2.05, 4.69) is 6.92 Å². The lowest BCUT2D eigenvalue weighted by atomic mass is 9.50. The van der Waals surface area contributed by atoms with E-state index >= 15 is 0 Å². The highest BCUT2D eigenvalue weighted by Crippen LogP contribution is 2.67. The Balaban J connectivity index is 1.50. The van der Waals surface area contributed by atoms with Gasteiger partial charge in [-0.2, -0.15) is 25.3 Å². The molecule has 5 nitrogen and oxygen atoms in total. The predicted octanol–water partition coefficient (Wildman–Crippen LogP) is 4.30. The molecule has 0 aromatic rings. The number of ether oxygens (including phenoxy) is 1. The predicted molar refractivity (Wildman–Crippen MR) is 136 cm³/mol. The molecule has 0 aromatic heterocycles. The van der Waals surface area contributed by atoms with E-state index in [0.29, 0.717) is 41.3 Å². The van der Waals surface area contributed by atoms with E-state index in [-0.39, 0.29) is 26.9 Å². The van der Waals surface area contributed by atoms with Gasteiger partial charge in [-0.25, -0.2) is 5.06 Å². The second-order valence-corrected chi connectivity index (χ2v) is 13.6. The molecule has 0 aromatic carbocycles. The Kier molecular flexibility index (Phi) is 7.81. The number of hydroxylamine groups is 2. The van der Waals surface area contributed by atoms with E-state index in [1.807, 2.05) is 0 Å². The molecule has 4 saturated carbocycles. The van der Waals surface area contributed by atoms with E-state index in [9.17, 15) is 9.90 Å². The molecule has 1 N–H and O–H groups in total. The summed E-state index contributed by atoms with van der Waals surface area (Å²) in [5, 5.41) is 11.6. The zero-order valence-corrected chi connectivity index (χ0v) is 22.5. The summed E-state index contributed by atoms with van der Waals surface area (Å²) in [4.78, 5) is 17.3. The molecule has 4 aliphatic rings. The fourth-order valence-electron chi connectivity index (χ4n) is 7.96. The number of thiol groups is 2. The molecule has 0 bridgehead atoms. The molecular formula is C24H41NO4S3. The van der Waals surface area contributed by atoms with Gasteiger partial charge in [0.25, 0.3) is 5.91 Å². The minimum Gasteiger partial charge on any atom is -0.393 e. The summed E-state index contributed by atoms with van der Waals surface area (Å²) in [5.74, 6) is 3.59. The maximum atomic E-state index is 12.3. The highest BCUT2D eigenvalue weighted by Gasteiger charge is 2.63. The number of hydrogen-bond acceptors (Lipinski definition) is 7. The summed E-state index contributed by atoms with van der Waals surface area (Å²) in [6, 6.07) is 0. The van der Waals surface area contributed by atoms with Crippen LogP contribution in [0.25, 0.3) is 0 Å². The van der Waals surface area contributed by atoms with Gasteiger partial charge in [0.15, 0.2) is 0 Å². The first-order chi connectivity index (χ1) is 15.2. The van der Waals surface area contributed by atoms with Gasteiger partial charge in [0.1, 0.15) is 5.44 Å². The van der Waals surface area contributed by atoms with Crippen LogP contribution in [0.3, 0.4) is 0 Å². The van der Waals surface area contributed by atoms with Gasteiger partial charge < -0.3 is 9.84 Å². The number of amides is 1. The second kappa shape index (κ2) is 9.81. The minimum atomic E-state index is -0.151. The number of nitrogens with zero attached hydrogens (tertiary/aromatic N) is 1. The van der Waals surface area contributed by atoms with Crippen molar-refractivity contribution in [3.63, 3.8) is 0 Å². The van der Waals surface area contributed by atoms with Crippen molar-refractivity contribution in [1.29, 1.82) is 0 Å². The normalized spacial score (nSPS) is 46.7. The Morgan fingerprint density at radius 2 is 1.78 bits per heavy atom. The van der Waals surface area contributed by atoms with Crippen LogP contribution >= 0.6 is 37.0 Å². The van der Waals surface area contributed by atoms with Gasteiger partial charge in [-0.15, -0.1) is 11.8 Å². The van der Waals surface area contributed by atoms with Crippen LogP contribution in [0.5, 0.6) is 0 Å². The van der Waals surface area contributed by atoms with Crippen molar-refractivity contribution >= 4 is 42.9 Å². The van der Waals surface area contributed by atoms with E-state index in [0.717, 1.165) is 38.5 Å². The zero-order chi connectivity index (χ0) is 23.3. The molecule has 10 atom stereocenters. The number of fused-ring (bicyclic) bond motifs is 5. The SMILES string of the molecule is COC(SCC(=O)N(C)OC)C1CCC2C3C[C@H](C)[C@@H]4C[C@H](O)CCC4(S)C3CCC12S. The van der Waals surface area contributed by atoms with Crippen LogP contribution in [0.1, 0.15) is 58.3 Å². The zero-order valence-electron chi connectivity index (χ0n) is 19.9. The third-order valence-electron chi connectivity index (χ3n) is 9.54. The van der Waals surface area contributed by atoms with Crippen LogP contribution in [0.2, 0.25) is 0 Å². The van der Waals surface area contributed by atoms with Gasteiger partial charge in [-0.1, -0.05) is 6.92 Å². The minimum absolute atomic E-state index is 0.0354. The van der Waals surface area contributed by atoms with Crippen molar-refractivity contribution in [2.24, 2.45) is 35.5 Å². The highest BCUT2D eigenvalue weighted by atomic mass is 32.2. The van der Waals surface area contributed by atoms with Crippen LogP contribution in [0.15, 0.2) is 0 Å². The molecule has 184 valence electrons. The number of aliphatic hydroxyl groups is 1. The molecule has 0 radical (unpaired) electrons. The fraction of sp³-hybridized carbons (Fsp3) is 0.958. The number of thioether (sulfide) groups is 1. The van der Waals surface area contributed by atoms with Gasteiger partial charge in [0.2, 0.25) is 0 Å². The first kappa shape index (κ1) is 25.5. The Hall–Kier alpha value is 0.400. The van der Waals surface area contributed by atoms with Crippen LogP contribution in [-0.2, 0) is 14.4 Å². The standard InChI is InChI=1S/C24H41NO4S3/c1-14-11-16-17-5-6-19(22(28-3)32-13-21(27)25(2)29-4)23(17,30)10-8-18(16)24(31)9-7-15(26)12-20(14)24/h14-20,22,26,30-31H,5-13H2,1-4H3/t14-,15+,16?,17?,18?,19?,20-,22?,23?,24?/m0/s1. The fourth-order valence-corrected chi connectivity index (χ4v) is 10.8. The Bertz CT molecular complexity index is 698. The van der Waals surface area contributed by atoms with Crippen LogP contribution in [0, 0.1) is 35.5 Å². The number of methoxy groups -OCH3 is 1. The van der Waals surface area contributed by atoms with E-state index in [4.69, 9.17) is 34.8 Å². The molecule has 0 spiro atoms. The molecule has 7 unspecified atom stereocenters. The molecule has 4 fully saturated rings. The average molecular weight is 504 g/mol. The summed E-state index contributed by atoms with van der Waals surface area (Å²) >= 11 is 12.4. The molecule has 0 saturated heterocycles. The number of hydrogen-bond donors (Lipinski definition) is 3. The molecule has 0 aliphatic heterocycles. The van der Waals surface area contributed by atoms with Gasteiger partial charge >= 0.3 is 0 Å². The number of carbonyl (C=O) groups excluding carboxylic acids is 1. The van der Waals surface area contributed by atoms with Crippen molar-refractivity contribution in [3.8, 4) is 0 Å². The first-order valence-corrected chi connectivity index (χ1v) is 14.2. The molecule has 1 amide bonds. The Morgan fingerprint density at radius 3 is 2.47 bits per heavy atom. The summed E-state index contributed by atoms with van der Waals surface area (Å²) in [6.45, 7) is 2.39. The largest absolute Gasteiger partial charge is 0.393 e. The first-order valence-electron chi connectivity index (χ1n) is 12.2. The number of rotatable bonds is 6. The topological polar surface area (TPSA) is 59.0 Å². The maximum Gasteiger partial charge on any atom is 0.255 e. The molecular weight excluding hydrogens is 462 g/mol. The van der Waals surface area contributed by atoms with Crippen molar-refractivity contribution in [3.05, 3.63) is 0 Å². The number of aliphatic hydroxyl groups excluding tert-OH is 1. The van der Waals surface area contributed by atoms with E-state index in [1.165, 1.54) is 25.0 Å². The summed E-state index contributed by atoms with van der Waals surface area (Å²) in [5.41, 5.74) is -0.0354. The summed E-state index contributed by atoms with van der Waals surface area (Å²) in [6.07, 6.45) is 8.46. The Morgan fingerprint density at radius 1 is 1.09 bits per heavy atom. The summed E-state index contributed by atoms with van der Waals surface area (Å²) in [7, 11) is 4.92. The van der Waals surface area contributed by atoms with Crippen molar-refractivity contribution in [2.75, 3.05) is 27.0 Å². The lowest BCUT2D eigenvalue weighted by molar-refractivity contribution is -0.165. The van der Waals surface area contributed by atoms with Gasteiger partial charge in [0, 0.05) is 29.6 Å². The molecule has 32 heavy (non-hydrogen) atoms. The maximum absolute atomic E-state index is 12.3. The Labute approximate surface area is 208 Å². The van der Waals surface area contributed by atoms with Gasteiger partial charge in [0.05, 0.1) is 19.0 Å². The molecule has 4 aliphatic carbocycles. The average Bonchev–Trinajstić information content (AvgIpc) is 3.12. The van der Waals surface area contributed by atoms with Gasteiger partial charge in [-0.3, -0.25) is 9.63 Å². The lowest BCUT2D eigenvalue weighted by Crippen LogP contribution is -2.60. The third kappa shape index (κ3) is 4.27. The second-order valence-electron chi connectivity index (χ2n) is 10.8. The van der Waals surface area contributed by atoms with Crippen LogP contribution < -0.4 is 0 Å². The van der Waals surface area contributed by atoms with Gasteiger partial charge in [-0.05, 0) is 81.0 Å². The van der Waals surface area contributed by atoms with Crippen molar-refractivity contribution in [2.45, 2.75) is 79.3 Å². The molecule has 0 heterocycles. The molecule has 4 rings (SSSR count). The highest BCUT2D eigenvalue weighted by molar-refractivity contribution is 8.00. The van der Waals surface area contributed by atoms with E-state index < -0.39 is 0 Å². The van der Waals surface area contributed by atoms with Crippen LogP contribution in [-0.4, -0.2) is 64.1 Å². The van der Waals surface area contributed by atoms with Crippen molar-refractivity contribution < 1.29 is 19.5 Å². The molecule has 8 heteroatoms. The smallest absolute Gasteiger partial charge is 0.255 e. The lowest BCUT2D eigenvalue weighted by Gasteiger charge is -2.62. The monoisotopic (exact) mass is 503 g/mol. The quantitative estimate of drug-likeness (QED) is 0.287. The van der Waals surface area contributed by atoms with Crippen molar-refractivity contribution in [1.82, 2.24) is 5.06 Å². The van der Waals surface area contributed by atoms with Crippen LogP contribution in [0.4, 0.5) is 0 Å². The summed E-state index contributed by atoms with van der Waals surface area (Å²) < 4.78 is 5.96. The third-order valence-corrected chi connectivity index (χ3v) is 12.6. The van der Waals surface area contributed by atoms with E-state index in [1.54, 1.807) is 25.9 Å².